The quantitative estimate of drug-likeness (QED) is 0.681. The van der Waals surface area contributed by atoms with E-state index in [2.05, 4.69) is 29.0 Å². The SMILES string of the molecule is Cc1ccc(S(=O)(=O)N2CC=C(c3cn(C)c4ccccc34)CC2)c(C)c1. The molecule has 0 saturated carbocycles. The zero-order chi connectivity index (χ0) is 19.2. The van der Waals surface area contributed by atoms with Gasteiger partial charge in [-0.1, -0.05) is 42.0 Å². The third-order valence-corrected chi connectivity index (χ3v) is 7.39. The summed E-state index contributed by atoms with van der Waals surface area (Å²) in [6.07, 6.45) is 4.93. The molecule has 1 aromatic heterocycles. The Morgan fingerprint density at radius 2 is 1.81 bits per heavy atom. The molecule has 4 rings (SSSR count). The molecule has 1 aliphatic rings. The zero-order valence-corrected chi connectivity index (χ0v) is 16.8. The number of aryl methyl sites for hydroxylation is 3. The summed E-state index contributed by atoms with van der Waals surface area (Å²) in [6.45, 7) is 4.75. The Hall–Kier alpha value is -2.37. The predicted octanol–water partition coefficient (Wildman–Crippen LogP) is 4.27. The van der Waals surface area contributed by atoms with E-state index < -0.39 is 10.0 Å². The molecule has 0 saturated heterocycles. The lowest BCUT2D eigenvalue weighted by Crippen LogP contribution is -2.35. The highest BCUT2D eigenvalue weighted by Gasteiger charge is 2.28. The molecule has 0 bridgehead atoms. The van der Waals surface area contributed by atoms with E-state index in [1.165, 1.54) is 22.0 Å². The molecule has 0 aliphatic carbocycles. The molecule has 2 heterocycles. The van der Waals surface area contributed by atoms with Crippen molar-refractivity contribution in [1.29, 1.82) is 0 Å². The smallest absolute Gasteiger partial charge is 0.243 e. The Kier molecular flexibility index (Phi) is 4.44. The Labute approximate surface area is 160 Å². The molecule has 4 nitrogen and oxygen atoms in total. The van der Waals surface area contributed by atoms with Crippen molar-refractivity contribution in [3.8, 4) is 0 Å². The fraction of sp³-hybridized carbons (Fsp3) is 0.273. The summed E-state index contributed by atoms with van der Waals surface area (Å²) < 4.78 is 29.9. The van der Waals surface area contributed by atoms with Gasteiger partial charge in [0.05, 0.1) is 4.90 Å². The van der Waals surface area contributed by atoms with Gasteiger partial charge >= 0.3 is 0 Å². The van der Waals surface area contributed by atoms with Crippen LogP contribution in [-0.2, 0) is 17.1 Å². The largest absolute Gasteiger partial charge is 0.350 e. The van der Waals surface area contributed by atoms with E-state index in [9.17, 15) is 8.42 Å². The predicted molar refractivity (Wildman–Crippen MR) is 110 cm³/mol. The highest BCUT2D eigenvalue weighted by atomic mass is 32.2. The van der Waals surface area contributed by atoms with Crippen molar-refractivity contribution in [1.82, 2.24) is 8.87 Å². The number of benzene rings is 2. The van der Waals surface area contributed by atoms with Crippen LogP contribution in [0.2, 0.25) is 0 Å². The molecule has 0 atom stereocenters. The van der Waals surface area contributed by atoms with Gasteiger partial charge in [-0.05, 0) is 43.5 Å². The fourth-order valence-electron chi connectivity index (χ4n) is 3.94. The van der Waals surface area contributed by atoms with Crippen molar-refractivity contribution in [2.24, 2.45) is 7.05 Å². The molecule has 2 aromatic carbocycles. The van der Waals surface area contributed by atoms with Gasteiger partial charge in [0.25, 0.3) is 0 Å². The molecular weight excluding hydrogens is 356 g/mol. The highest BCUT2D eigenvalue weighted by Crippen LogP contribution is 2.32. The van der Waals surface area contributed by atoms with Crippen LogP contribution in [0.15, 0.2) is 59.6 Å². The van der Waals surface area contributed by atoms with Crippen molar-refractivity contribution in [2.45, 2.75) is 25.2 Å². The van der Waals surface area contributed by atoms with Crippen LogP contribution in [0.25, 0.3) is 16.5 Å². The monoisotopic (exact) mass is 380 g/mol. The second kappa shape index (κ2) is 6.66. The van der Waals surface area contributed by atoms with Crippen LogP contribution in [0.4, 0.5) is 0 Å². The van der Waals surface area contributed by atoms with E-state index in [-0.39, 0.29) is 0 Å². The average molecular weight is 381 g/mol. The first kappa shape index (κ1) is 18.0. The fourth-order valence-corrected chi connectivity index (χ4v) is 5.53. The van der Waals surface area contributed by atoms with Gasteiger partial charge < -0.3 is 4.57 Å². The molecule has 0 amide bonds. The van der Waals surface area contributed by atoms with E-state index in [0.29, 0.717) is 18.0 Å². The van der Waals surface area contributed by atoms with Crippen molar-refractivity contribution >= 4 is 26.5 Å². The van der Waals surface area contributed by atoms with Crippen molar-refractivity contribution < 1.29 is 8.42 Å². The van der Waals surface area contributed by atoms with Crippen LogP contribution >= 0.6 is 0 Å². The maximum Gasteiger partial charge on any atom is 0.243 e. The number of hydrogen-bond donors (Lipinski definition) is 0. The second-order valence-electron chi connectivity index (χ2n) is 7.28. The first-order chi connectivity index (χ1) is 12.9. The molecular formula is C22H24N2O2S. The Morgan fingerprint density at radius 1 is 1.04 bits per heavy atom. The van der Waals surface area contributed by atoms with Crippen molar-refractivity contribution in [2.75, 3.05) is 13.1 Å². The topological polar surface area (TPSA) is 42.3 Å². The zero-order valence-electron chi connectivity index (χ0n) is 15.9. The minimum atomic E-state index is -3.47. The second-order valence-corrected chi connectivity index (χ2v) is 9.19. The number of para-hydroxylation sites is 1. The van der Waals surface area contributed by atoms with Crippen LogP contribution in [0, 0.1) is 13.8 Å². The maximum absolute atomic E-state index is 13.1. The standard InChI is InChI=1S/C22H24N2O2S/c1-16-8-9-22(17(2)14-16)27(25,26)24-12-10-18(11-13-24)20-15-23(3)21-7-5-4-6-19(20)21/h4-10,14-15H,11-13H2,1-3H3. The molecule has 0 spiro atoms. The molecule has 27 heavy (non-hydrogen) atoms. The first-order valence-electron chi connectivity index (χ1n) is 9.19. The van der Waals surface area contributed by atoms with Crippen LogP contribution < -0.4 is 0 Å². The lowest BCUT2D eigenvalue weighted by Gasteiger charge is -2.26. The van der Waals surface area contributed by atoms with Gasteiger partial charge in [-0.25, -0.2) is 8.42 Å². The molecule has 1 aliphatic heterocycles. The third-order valence-electron chi connectivity index (χ3n) is 5.36. The van der Waals surface area contributed by atoms with E-state index in [1.807, 2.05) is 45.2 Å². The average Bonchev–Trinajstić information content (AvgIpc) is 2.99. The van der Waals surface area contributed by atoms with Gasteiger partial charge in [-0.2, -0.15) is 4.31 Å². The maximum atomic E-state index is 13.1. The van der Waals surface area contributed by atoms with Crippen LogP contribution in [-0.4, -0.2) is 30.4 Å². The van der Waals surface area contributed by atoms with E-state index in [1.54, 1.807) is 10.4 Å². The molecule has 140 valence electrons. The summed E-state index contributed by atoms with van der Waals surface area (Å²) in [5.41, 5.74) is 5.50. The Morgan fingerprint density at radius 3 is 2.52 bits per heavy atom. The van der Waals surface area contributed by atoms with Gasteiger partial charge in [0.15, 0.2) is 0 Å². The molecule has 0 radical (unpaired) electrons. The third kappa shape index (κ3) is 3.11. The number of fused-ring (bicyclic) bond motifs is 1. The van der Waals surface area contributed by atoms with Gasteiger partial charge in [-0.15, -0.1) is 0 Å². The first-order valence-corrected chi connectivity index (χ1v) is 10.6. The number of nitrogens with zero attached hydrogens (tertiary/aromatic N) is 2. The number of hydrogen-bond acceptors (Lipinski definition) is 2. The molecule has 0 unspecified atom stereocenters. The Balaban J connectivity index is 1.65. The summed E-state index contributed by atoms with van der Waals surface area (Å²) in [4.78, 5) is 0.412. The van der Waals surface area contributed by atoms with Gasteiger partial charge in [0.2, 0.25) is 10.0 Å². The van der Waals surface area contributed by atoms with Crippen LogP contribution in [0.5, 0.6) is 0 Å². The summed E-state index contributed by atoms with van der Waals surface area (Å²) in [6, 6.07) is 13.8. The highest BCUT2D eigenvalue weighted by molar-refractivity contribution is 7.89. The van der Waals surface area contributed by atoms with Crippen molar-refractivity contribution in [3.05, 3.63) is 71.4 Å². The van der Waals surface area contributed by atoms with E-state index in [4.69, 9.17) is 0 Å². The molecule has 0 fully saturated rings. The van der Waals surface area contributed by atoms with Gasteiger partial charge in [0.1, 0.15) is 0 Å². The lowest BCUT2D eigenvalue weighted by molar-refractivity contribution is 0.441. The van der Waals surface area contributed by atoms with E-state index >= 15 is 0 Å². The molecule has 3 aromatic rings. The van der Waals surface area contributed by atoms with Crippen LogP contribution in [0.3, 0.4) is 0 Å². The number of sulfonamides is 1. The normalized spacial score (nSPS) is 15.9. The summed E-state index contributed by atoms with van der Waals surface area (Å²) in [5, 5.41) is 1.22. The summed E-state index contributed by atoms with van der Waals surface area (Å²) in [5.74, 6) is 0. The van der Waals surface area contributed by atoms with Gasteiger partial charge in [0, 0.05) is 42.8 Å². The molecule has 5 heteroatoms. The minimum absolute atomic E-state index is 0.411. The van der Waals surface area contributed by atoms with Crippen LogP contribution in [0.1, 0.15) is 23.1 Å². The number of aromatic nitrogens is 1. The Bertz CT molecular complexity index is 1160. The molecule has 0 N–H and O–H groups in total. The van der Waals surface area contributed by atoms with Crippen molar-refractivity contribution in [3.63, 3.8) is 0 Å². The van der Waals surface area contributed by atoms with Gasteiger partial charge in [-0.3, -0.25) is 0 Å². The van der Waals surface area contributed by atoms with E-state index in [0.717, 1.165) is 17.5 Å². The summed E-state index contributed by atoms with van der Waals surface area (Å²) in [7, 11) is -1.42. The number of rotatable bonds is 3. The lowest BCUT2D eigenvalue weighted by atomic mass is 10.00. The summed E-state index contributed by atoms with van der Waals surface area (Å²) >= 11 is 0. The minimum Gasteiger partial charge on any atom is -0.350 e.